The number of hydrogen-bond donors (Lipinski definition) is 2. The molecule has 0 aliphatic carbocycles. The number of fused-ring (bicyclic) bond motifs is 2. The number of aromatic hydroxyl groups is 1. The predicted octanol–water partition coefficient (Wildman–Crippen LogP) is 1.55. The molecule has 2 aromatic carbocycles. The van der Waals surface area contributed by atoms with Gasteiger partial charge in [0, 0.05) is 10.8 Å². The van der Waals surface area contributed by atoms with Gasteiger partial charge in [0.2, 0.25) is 0 Å². The van der Waals surface area contributed by atoms with Gasteiger partial charge in [0.25, 0.3) is 5.91 Å². The second-order valence-corrected chi connectivity index (χ2v) is 6.63. The minimum Gasteiger partial charge on any atom is -0.506 e. The molecule has 1 amide bonds. The van der Waals surface area contributed by atoms with Crippen LogP contribution in [0.1, 0.15) is 11.7 Å². The molecule has 8 heteroatoms. The molecule has 4 rings (SSSR count). The van der Waals surface area contributed by atoms with Crippen molar-refractivity contribution in [3.63, 3.8) is 0 Å². The van der Waals surface area contributed by atoms with Crippen LogP contribution in [0, 0.1) is 0 Å². The molecule has 2 aliphatic rings. The molecule has 2 heterocycles. The van der Waals surface area contributed by atoms with Crippen molar-refractivity contribution >= 4 is 40.1 Å². The van der Waals surface area contributed by atoms with E-state index in [2.05, 4.69) is 10.4 Å². The van der Waals surface area contributed by atoms with E-state index >= 15 is 0 Å². The molecule has 1 unspecified atom stereocenters. The number of nitrogens with zero attached hydrogens (tertiary/aromatic N) is 3. The molecule has 1 atom stereocenters. The first kappa shape index (κ1) is 16.0. The van der Waals surface area contributed by atoms with Crippen LogP contribution in [-0.4, -0.2) is 27.4 Å². The van der Waals surface area contributed by atoms with E-state index in [0.29, 0.717) is 27.0 Å². The third-order valence-corrected chi connectivity index (χ3v) is 4.98. The van der Waals surface area contributed by atoms with Gasteiger partial charge in [0.15, 0.2) is 11.3 Å². The molecular formula is C17H13ClN4O2S. The first-order valence-electron chi connectivity index (χ1n) is 7.48. The molecule has 0 bridgehead atoms. The highest BCUT2D eigenvalue weighted by atomic mass is 35.5. The zero-order chi connectivity index (χ0) is 17.6. The van der Waals surface area contributed by atoms with E-state index in [9.17, 15) is 9.90 Å². The molecule has 6 nitrogen and oxygen atoms in total. The van der Waals surface area contributed by atoms with Crippen molar-refractivity contribution in [2.24, 2.45) is 10.1 Å². The van der Waals surface area contributed by atoms with Crippen molar-refractivity contribution in [2.45, 2.75) is 6.17 Å². The molecule has 0 spiro atoms. The summed E-state index contributed by atoms with van der Waals surface area (Å²) in [5, 5.41) is 20.9. The Hall–Kier alpha value is -2.51. The fraction of sp³-hybridized carbons (Fsp3) is 0.118. The Morgan fingerprint density at radius 1 is 1.24 bits per heavy atom. The van der Waals surface area contributed by atoms with Crippen molar-refractivity contribution in [3.8, 4) is 5.75 Å². The maximum Gasteiger partial charge on any atom is 0.276 e. The van der Waals surface area contributed by atoms with Crippen LogP contribution >= 0.6 is 23.4 Å². The van der Waals surface area contributed by atoms with E-state index in [-0.39, 0.29) is 16.7 Å². The van der Waals surface area contributed by atoms with Crippen molar-refractivity contribution in [1.82, 2.24) is 10.3 Å². The van der Waals surface area contributed by atoms with Gasteiger partial charge < -0.3 is 5.11 Å². The molecule has 0 radical (unpaired) electrons. The average molecular weight is 373 g/mol. The van der Waals surface area contributed by atoms with Crippen LogP contribution in [0.3, 0.4) is 0 Å². The zero-order valence-corrected chi connectivity index (χ0v) is 14.7. The lowest BCUT2D eigenvalue weighted by Crippen LogP contribution is -2.50. The monoisotopic (exact) mass is 372 g/mol. The summed E-state index contributed by atoms with van der Waals surface area (Å²) < 4.78 is 0. The average Bonchev–Trinajstić information content (AvgIpc) is 2.63. The number of rotatable bonds is 1. The predicted molar refractivity (Wildman–Crippen MR) is 97.4 cm³/mol. The van der Waals surface area contributed by atoms with Crippen LogP contribution in [-0.2, 0) is 4.79 Å². The fourth-order valence-electron chi connectivity index (χ4n) is 2.86. The Labute approximate surface area is 152 Å². The maximum absolute atomic E-state index is 12.7. The summed E-state index contributed by atoms with van der Waals surface area (Å²) in [4.78, 5) is 17.4. The van der Waals surface area contributed by atoms with Gasteiger partial charge in [-0.15, -0.1) is 5.10 Å². The molecule has 2 aliphatic heterocycles. The van der Waals surface area contributed by atoms with Crippen molar-refractivity contribution < 1.29 is 9.90 Å². The first-order valence-corrected chi connectivity index (χ1v) is 9.08. The van der Waals surface area contributed by atoms with Crippen molar-refractivity contribution in [3.05, 3.63) is 63.6 Å². The molecule has 25 heavy (non-hydrogen) atoms. The lowest BCUT2D eigenvalue weighted by Gasteiger charge is -2.34. The number of benzene rings is 2. The molecule has 0 fully saturated rings. The minimum absolute atomic E-state index is 0.0368. The minimum atomic E-state index is -0.641. The number of para-hydroxylation sites is 1. The smallest absolute Gasteiger partial charge is 0.276 e. The van der Waals surface area contributed by atoms with E-state index in [1.54, 1.807) is 17.1 Å². The number of nitrogens with one attached hydrogen (secondary N) is 1. The molecule has 0 saturated carbocycles. The van der Waals surface area contributed by atoms with Gasteiger partial charge in [-0.25, -0.2) is 5.01 Å². The van der Waals surface area contributed by atoms with E-state index in [1.165, 1.54) is 17.8 Å². The van der Waals surface area contributed by atoms with Gasteiger partial charge in [0.1, 0.15) is 11.4 Å². The number of carbonyl (C=O) groups is 1. The third kappa shape index (κ3) is 2.56. The Kier molecular flexibility index (Phi) is 3.89. The summed E-state index contributed by atoms with van der Waals surface area (Å²) >= 11 is 7.62. The Balaban J connectivity index is 2.02. The summed E-state index contributed by atoms with van der Waals surface area (Å²) in [5.41, 5.74) is 0.986. The van der Waals surface area contributed by atoms with Gasteiger partial charge in [0.05, 0.1) is 10.4 Å². The maximum atomic E-state index is 12.7. The van der Waals surface area contributed by atoms with E-state index < -0.39 is 6.17 Å². The van der Waals surface area contributed by atoms with Gasteiger partial charge in [-0.3, -0.25) is 15.1 Å². The number of phenolic OH excluding ortho intramolecular Hbond substituents is 1. The molecular weight excluding hydrogens is 360 g/mol. The quantitative estimate of drug-likeness (QED) is 0.796. The summed E-state index contributed by atoms with van der Waals surface area (Å²) in [6.07, 6.45) is 1.19. The van der Waals surface area contributed by atoms with E-state index in [0.717, 1.165) is 0 Å². The summed E-state index contributed by atoms with van der Waals surface area (Å²) in [7, 11) is 0. The third-order valence-electron chi connectivity index (χ3n) is 4.00. The Bertz CT molecular complexity index is 1040. The largest absolute Gasteiger partial charge is 0.506 e. The van der Waals surface area contributed by atoms with Crippen LogP contribution < -0.4 is 15.9 Å². The van der Waals surface area contributed by atoms with E-state index in [1.807, 2.05) is 30.5 Å². The number of hydrogen-bond acceptors (Lipinski definition) is 6. The highest BCUT2D eigenvalue weighted by molar-refractivity contribution is 8.13. The number of amides is 1. The zero-order valence-electron chi connectivity index (χ0n) is 13.1. The summed E-state index contributed by atoms with van der Waals surface area (Å²) in [5.74, 6) is -0.284. The number of amidine groups is 1. The molecule has 2 N–H and O–H groups in total. The summed E-state index contributed by atoms with van der Waals surface area (Å²) in [6, 6.07) is 12.3. The van der Waals surface area contributed by atoms with Crippen LogP contribution in [0.15, 0.2) is 52.6 Å². The second kappa shape index (κ2) is 6.09. The van der Waals surface area contributed by atoms with Gasteiger partial charge in [-0.2, -0.15) is 0 Å². The van der Waals surface area contributed by atoms with Gasteiger partial charge in [-0.05, 0) is 18.4 Å². The van der Waals surface area contributed by atoms with Crippen molar-refractivity contribution in [2.75, 3.05) is 6.26 Å². The topological polar surface area (TPSA) is 77.3 Å². The van der Waals surface area contributed by atoms with Crippen LogP contribution in [0.2, 0.25) is 5.02 Å². The number of phenols is 1. The van der Waals surface area contributed by atoms with Gasteiger partial charge in [-0.1, -0.05) is 53.7 Å². The highest BCUT2D eigenvalue weighted by Crippen LogP contribution is 2.37. The highest BCUT2D eigenvalue weighted by Gasteiger charge is 2.35. The van der Waals surface area contributed by atoms with Crippen LogP contribution in [0.5, 0.6) is 5.75 Å². The lowest BCUT2D eigenvalue weighted by molar-refractivity contribution is -0.116. The SMILES string of the molecule is CSC1=NN2C(=c3ccccc3=NC2c2cccc(O)c2Cl)C(=O)N1. The lowest BCUT2D eigenvalue weighted by atomic mass is 10.1. The number of halogens is 1. The molecule has 126 valence electrons. The second-order valence-electron chi connectivity index (χ2n) is 5.46. The summed E-state index contributed by atoms with van der Waals surface area (Å²) in [6.45, 7) is 0. The molecule has 0 saturated heterocycles. The first-order chi connectivity index (χ1) is 12.1. The van der Waals surface area contributed by atoms with E-state index in [4.69, 9.17) is 16.6 Å². The fourth-order valence-corrected chi connectivity index (χ4v) is 3.45. The number of thioether (sulfide) groups is 1. The molecule has 2 aromatic rings. The van der Waals surface area contributed by atoms with Crippen LogP contribution in [0.4, 0.5) is 0 Å². The van der Waals surface area contributed by atoms with Crippen LogP contribution in [0.25, 0.3) is 5.70 Å². The number of carbonyl (C=O) groups excluding carboxylic acids is 1. The Morgan fingerprint density at radius 2 is 2.04 bits per heavy atom. The normalized spacial score (nSPS) is 18.7. The van der Waals surface area contributed by atoms with Crippen molar-refractivity contribution in [1.29, 1.82) is 0 Å². The van der Waals surface area contributed by atoms with Gasteiger partial charge >= 0.3 is 0 Å². The number of hydrazone groups is 1. The standard InChI is InChI=1S/C17H13ClN4O2S/c1-25-17-20-16(24)14-9-5-2-3-7-11(9)19-15(22(14)21-17)10-6-4-8-12(23)13(10)18/h2-8,15,23H,1H3,(H,20,21,24). The molecule has 0 aromatic heterocycles. The Morgan fingerprint density at radius 3 is 2.84 bits per heavy atom.